The van der Waals surface area contributed by atoms with E-state index >= 15 is 0 Å². The Hall–Kier alpha value is -2.21. The molecular weight excluding hydrogens is 259 g/mol. The van der Waals surface area contributed by atoms with Crippen LogP contribution in [-0.2, 0) is 0 Å². The van der Waals surface area contributed by atoms with E-state index in [0.29, 0.717) is 5.69 Å². The number of nitrogens with zero attached hydrogens (tertiary/aromatic N) is 2. The topological polar surface area (TPSA) is 66.9 Å². The summed E-state index contributed by atoms with van der Waals surface area (Å²) in [5.74, 6) is -0.549. The maximum Gasteiger partial charge on any atom is 0.324 e. The van der Waals surface area contributed by atoms with Crippen molar-refractivity contribution < 1.29 is 9.18 Å². The number of carbonyl (C=O) groups excluding carboxylic acids is 1. The van der Waals surface area contributed by atoms with E-state index in [0.717, 1.165) is 0 Å². The Labute approximate surface area is 107 Å². The first-order valence-electron chi connectivity index (χ1n) is 4.95. The zero-order valence-electron chi connectivity index (χ0n) is 9.02. The number of nitrogens with one attached hydrogen (secondary N) is 2. The quantitative estimate of drug-likeness (QED) is 0.821. The number of halogens is 2. The van der Waals surface area contributed by atoms with Crippen LogP contribution in [0.5, 0.6) is 0 Å². The zero-order valence-corrected chi connectivity index (χ0v) is 9.78. The molecule has 2 aromatic heterocycles. The van der Waals surface area contributed by atoms with Gasteiger partial charge in [0.2, 0.25) is 5.95 Å². The highest BCUT2D eigenvalue weighted by Crippen LogP contribution is 2.12. The minimum absolute atomic E-state index is 0.118. The van der Waals surface area contributed by atoms with E-state index in [4.69, 9.17) is 11.6 Å². The molecule has 5 nitrogen and oxygen atoms in total. The van der Waals surface area contributed by atoms with Crippen LogP contribution in [0.25, 0.3) is 0 Å². The van der Waals surface area contributed by atoms with E-state index in [2.05, 4.69) is 20.6 Å². The van der Waals surface area contributed by atoms with Crippen LogP contribution in [0.3, 0.4) is 0 Å². The third kappa shape index (κ3) is 3.39. The first kappa shape index (κ1) is 12.3. The lowest BCUT2D eigenvalue weighted by atomic mass is 10.4. The van der Waals surface area contributed by atoms with Gasteiger partial charge < -0.3 is 5.32 Å². The summed E-state index contributed by atoms with van der Waals surface area (Å²) in [6.07, 6.45) is 1.46. The Balaban J connectivity index is 2.01. The van der Waals surface area contributed by atoms with E-state index in [1.165, 1.54) is 30.5 Å². The summed E-state index contributed by atoms with van der Waals surface area (Å²) < 4.78 is 12.8. The summed E-state index contributed by atoms with van der Waals surface area (Å²) in [6, 6.07) is 6.62. The van der Waals surface area contributed by atoms with Crippen molar-refractivity contribution in [2.75, 3.05) is 10.6 Å². The van der Waals surface area contributed by atoms with Crippen LogP contribution >= 0.6 is 11.6 Å². The second kappa shape index (κ2) is 5.42. The highest BCUT2D eigenvalue weighted by atomic mass is 35.5. The Morgan fingerprint density at radius 3 is 2.83 bits per heavy atom. The van der Waals surface area contributed by atoms with Crippen LogP contribution in [-0.4, -0.2) is 16.0 Å². The molecule has 0 saturated carbocycles. The monoisotopic (exact) mass is 266 g/mol. The van der Waals surface area contributed by atoms with Crippen LogP contribution in [0.1, 0.15) is 0 Å². The molecule has 0 unspecified atom stereocenters. The summed E-state index contributed by atoms with van der Waals surface area (Å²) >= 11 is 5.66. The van der Waals surface area contributed by atoms with Gasteiger partial charge in [0.25, 0.3) is 0 Å². The summed E-state index contributed by atoms with van der Waals surface area (Å²) in [5.41, 5.74) is 0.476. The fraction of sp³-hybridized carbons (Fsp3) is 0. The molecule has 2 rings (SSSR count). The molecule has 2 amide bonds. The third-order valence-corrected chi connectivity index (χ3v) is 2.15. The van der Waals surface area contributed by atoms with Crippen LogP contribution in [0.15, 0.2) is 36.5 Å². The van der Waals surface area contributed by atoms with Crippen LogP contribution in [0, 0.1) is 5.95 Å². The van der Waals surface area contributed by atoms with Gasteiger partial charge in [-0.1, -0.05) is 17.7 Å². The number of hydrogen-bond acceptors (Lipinski definition) is 3. The molecule has 0 bridgehead atoms. The molecule has 7 heteroatoms. The fourth-order valence-corrected chi connectivity index (χ4v) is 1.41. The number of carbonyl (C=O) groups is 1. The molecule has 2 heterocycles. The largest absolute Gasteiger partial charge is 0.324 e. The van der Waals surface area contributed by atoms with Gasteiger partial charge in [-0.05, 0) is 24.3 Å². The van der Waals surface area contributed by atoms with Gasteiger partial charge in [-0.25, -0.2) is 14.8 Å². The Bertz CT molecular complexity index is 529. The Kier molecular flexibility index (Phi) is 3.69. The summed E-state index contributed by atoms with van der Waals surface area (Å²) in [5, 5.41) is 5.16. The Morgan fingerprint density at radius 2 is 2.11 bits per heavy atom. The molecule has 2 aromatic rings. The molecule has 0 aliphatic heterocycles. The molecule has 0 aromatic carbocycles. The number of pyridine rings is 2. The molecule has 0 saturated heterocycles. The minimum Gasteiger partial charge on any atom is -0.308 e. The molecule has 0 radical (unpaired) electrons. The average Bonchev–Trinajstić information content (AvgIpc) is 2.28. The van der Waals surface area contributed by atoms with Crippen molar-refractivity contribution in [1.82, 2.24) is 9.97 Å². The van der Waals surface area contributed by atoms with Crippen molar-refractivity contribution in [3.05, 3.63) is 47.6 Å². The van der Waals surface area contributed by atoms with Gasteiger partial charge in [0.15, 0.2) is 0 Å². The van der Waals surface area contributed by atoms with Crippen molar-refractivity contribution in [2.45, 2.75) is 0 Å². The predicted molar refractivity (Wildman–Crippen MR) is 66.1 cm³/mol. The molecular formula is C11H8ClFN4O. The molecule has 0 spiro atoms. The average molecular weight is 267 g/mol. The van der Waals surface area contributed by atoms with E-state index < -0.39 is 12.0 Å². The SMILES string of the molecule is O=C(Nc1ccnc(Cl)c1)Nc1cccc(F)n1. The van der Waals surface area contributed by atoms with Gasteiger partial charge in [0, 0.05) is 11.9 Å². The fourth-order valence-electron chi connectivity index (χ4n) is 1.24. The van der Waals surface area contributed by atoms with Gasteiger partial charge in [-0.3, -0.25) is 5.32 Å². The number of anilines is 2. The Morgan fingerprint density at radius 1 is 1.28 bits per heavy atom. The van der Waals surface area contributed by atoms with Crippen molar-refractivity contribution in [1.29, 1.82) is 0 Å². The third-order valence-electron chi connectivity index (χ3n) is 1.94. The van der Waals surface area contributed by atoms with Crippen LogP contribution in [0.4, 0.5) is 20.7 Å². The second-order valence-electron chi connectivity index (χ2n) is 3.29. The van der Waals surface area contributed by atoms with Crippen molar-refractivity contribution in [3.8, 4) is 0 Å². The predicted octanol–water partition coefficient (Wildman–Crippen LogP) is 2.91. The highest BCUT2D eigenvalue weighted by Gasteiger charge is 2.04. The molecule has 0 aliphatic carbocycles. The number of rotatable bonds is 2. The highest BCUT2D eigenvalue weighted by molar-refractivity contribution is 6.29. The van der Waals surface area contributed by atoms with E-state index in [1.807, 2.05) is 0 Å². The lowest BCUT2D eigenvalue weighted by Crippen LogP contribution is -2.20. The number of urea groups is 1. The van der Waals surface area contributed by atoms with Crippen LogP contribution < -0.4 is 10.6 Å². The normalized spacial score (nSPS) is 9.89. The smallest absolute Gasteiger partial charge is 0.308 e. The lowest BCUT2D eigenvalue weighted by molar-refractivity contribution is 0.262. The maximum absolute atomic E-state index is 12.8. The summed E-state index contributed by atoms with van der Waals surface area (Å²) in [7, 11) is 0. The molecule has 0 aliphatic rings. The van der Waals surface area contributed by atoms with Gasteiger partial charge >= 0.3 is 6.03 Å². The van der Waals surface area contributed by atoms with Gasteiger partial charge in [0.1, 0.15) is 11.0 Å². The van der Waals surface area contributed by atoms with Crippen molar-refractivity contribution in [3.63, 3.8) is 0 Å². The van der Waals surface area contributed by atoms with Gasteiger partial charge in [-0.2, -0.15) is 4.39 Å². The zero-order chi connectivity index (χ0) is 13.0. The van der Waals surface area contributed by atoms with E-state index in [-0.39, 0.29) is 11.0 Å². The minimum atomic E-state index is -0.667. The number of hydrogen-bond donors (Lipinski definition) is 2. The molecule has 2 N–H and O–H groups in total. The standard InChI is InChI=1S/C11H8ClFN4O/c12-8-6-7(4-5-14-8)15-11(18)17-10-3-1-2-9(13)16-10/h1-6H,(H2,14,15,16,17,18). The molecule has 0 atom stereocenters. The van der Waals surface area contributed by atoms with Crippen molar-refractivity contribution in [2.24, 2.45) is 0 Å². The first-order valence-corrected chi connectivity index (χ1v) is 5.33. The van der Waals surface area contributed by atoms with Crippen molar-refractivity contribution >= 4 is 29.1 Å². The van der Waals surface area contributed by atoms with E-state index in [1.54, 1.807) is 6.07 Å². The maximum atomic E-state index is 12.8. The second-order valence-corrected chi connectivity index (χ2v) is 3.68. The molecule has 0 fully saturated rings. The molecule has 92 valence electrons. The van der Waals surface area contributed by atoms with Crippen LogP contribution in [0.2, 0.25) is 5.15 Å². The summed E-state index contributed by atoms with van der Waals surface area (Å²) in [4.78, 5) is 18.8. The first-order chi connectivity index (χ1) is 8.63. The number of aromatic nitrogens is 2. The van der Waals surface area contributed by atoms with E-state index in [9.17, 15) is 9.18 Å². The number of amides is 2. The van der Waals surface area contributed by atoms with Gasteiger partial charge in [0.05, 0.1) is 0 Å². The van der Waals surface area contributed by atoms with Gasteiger partial charge in [-0.15, -0.1) is 0 Å². The summed E-state index contributed by atoms with van der Waals surface area (Å²) in [6.45, 7) is 0. The molecule has 18 heavy (non-hydrogen) atoms. The lowest BCUT2D eigenvalue weighted by Gasteiger charge is -2.06.